The van der Waals surface area contributed by atoms with E-state index in [0.717, 1.165) is 68.6 Å². The van der Waals surface area contributed by atoms with Gasteiger partial charge in [-0.25, -0.2) is 8.78 Å². The fraction of sp³-hybridized carbons (Fsp3) is 0.769. The lowest BCUT2D eigenvalue weighted by atomic mass is 9.72. The van der Waals surface area contributed by atoms with E-state index in [1.165, 1.54) is 44.9 Å². The van der Waals surface area contributed by atoms with E-state index in [1.807, 2.05) is 0 Å². The lowest BCUT2D eigenvalue weighted by Crippen LogP contribution is -2.25. The van der Waals surface area contributed by atoms with Gasteiger partial charge in [-0.05, 0) is 48.3 Å². The van der Waals surface area contributed by atoms with Crippen molar-refractivity contribution in [3.63, 3.8) is 0 Å². The number of rotatable bonds is 16. The van der Waals surface area contributed by atoms with Gasteiger partial charge in [0, 0.05) is 6.07 Å². The number of unbranched alkanes of at least 4 members (excludes halogenated alkanes) is 9. The number of halogens is 2. The van der Waals surface area contributed by atoms with E-state index in [1.54, 1.807) is 6.07 Å². The molecule has 1 aromatic rings. The van der Waals surface area contributed by atoms with Gasteiger partial charge >= 0.3 is 0 Å². The molecule has 162 valence electrons. The molecule has 1 atom stereocenters. The van der Waals surface area contributed by atoms with E-state index < -0.39 is 5.82 Å². The highest BCUT2D eigenvalue weighted by Crippen LogP contribution is 2.39. The van der Waals surface area contributed by atoms with Crippen LogP contribution in [0.15, 0.2) is 12.1 Å². The molecular formula is C26H44F2. The van der Waals surface area contributed by atoms with Gasteiger partial charge in [0.2, 0.25) is 0 Å². The fourth-order valence-corrected chi connectivity index (χ4v) is 4.38. The predicted octanol–water partition coefficient (Wildman–Crippen LogP) is 9.29. The minimum atomic E-state index is -0.421. The van der Waals surface area contributed by atoms with Crippen molar-refractivity contribution in [2.75, 3.05) is 0 Å². The summed E-state index contributed by atoms with van der Waals surface area (Å²) in [5, 5.41) is 0. The Kier molecular flexibility index (Phi) is 12.7. The molecule has 0 fully saturated rings. The van der Waals surface area contributed by atoms with Gasteiger partial charge in [0.1, 0.15) is 11.6 Å². The van der Waals surface area contributed by atoms with Crippen LogP contribution in [0.5, 0.6) is 0 Å². The van der Waals surface area contributed by atoms with Crippen LogP contribution >= 0.6 is 0 Å². The molecule has 28 heavy (non-hydrogen) atoms. The highest BCUT2D eigenvalue weighted by Gasteiger charge is 2.30. The van der Waals surface area contributed by atoms with Crippen LogP contribution in [-0.4, -0.2) is 0 Å². The summed E-state index contributed by atoms with van der Waals surface area (Å²) in [5.41, 5.74) is 1.61. The second-order valence-electron chi connectivity index (χ2n) is 8.91. The van der Waals surface area contributed by atoms with Gasteiger partial charge in [0.05, 0.1) is 0 Å². The Balaban J connectivity index is 2.96. The zero-order valence-corrected chi connectivity index (χ0v) is 19.0. The Morgan fingerprint density at radius 3 is 1.86 bits per heavy atom. The third kappa shape index (κ3) is 8.62. The quantitative estimate of drug-likeness (QED) is 0.245. The largest absolute Gasteiger partial charge is 0.207 e. The van der Waals surface area contributed by atoms with Crippen LogP contribution in [0.3, 0.4) is 0 Å². The molecule has 0 bridgehead atoms. The molecule has 0 amide bonds. The first-order valence-electron chi connectivity index (χ1n) is 12.0. The predicted molar refractivity (Wildman–Crippen MR) is 119 cm³/mol. The molecule has 0 aliphatic heterocycles. The van der Waals surface area contributed by atoms with Gasteiger partial charge in [-0.15, -0.1) is 0 Å². The average molecular weight is 395 g/mol. The SMILES string of the molecule is CCCCCCCCc1c(F)cc(F)cc1C(C)(CCCC)CCCCCC. The molecular weight excluding hydrogens is 350 g/mol. The minimum absolute atomic E-state index is 0.121. The van der Waals surface area contributed by atoms with Crippen LogP contribution in [0.2, 0.25) is 0 Å². The third-order valence-corrected chi connectivity index (χ3v) is 6.26. The Bertz CT molecular complexity index is 537. The number of hydrogen-bond donors (Lipinski definition) is 0. The van der Waals surface area contributed by atoms with Gasteiger partial charge in [0.25, 0.3) is 0 Å². The number of benzene rings is 1. The lowest BCUT2D eigenvalue weighted by Gasteiger charge is -2.33. The van der Waals surface area contributed by atoms with Crippen LogP contribution in [0, 0.1) is 11.6 Å². The van der Waals surface area contributed by atoms with Gasteiger partial charge in [-0.1, -0.05) is 98.3 Å². The summed E-state index contributed by atoms with van der Waals surface area (Å²) in [6, 6.07) is 2.73. The maximum Gasteiger partial charge on any atom is 0.129 e. The molecule has 0 nitrogen and oxygen atoms in total. The van der Waals surface area contributed by atoms with Gasteiger partial charge in [-0.3, -0.25) is 0 Å². The van der Waals surface area contributed by atoms with E-state index >= 15 is 0 Å². The van der Waals surface area contributed by atoms with Crippen molar-refractivity contribution in [3.8, 4) is 0 Å². The van der Waals surface area contributed by atoms with Gasteiger partial charge < -0.3 is 0 Å². The van der Waals surface area contributed by atoms with Crippen LogP contribution in [0.1, 0.15) is 129 Å². The number of hydrogen-bond acceptors (Lipinski definition) is 0. The van der Waals surface area contributed by atoms with Crippen molar-refractivity contribution < 1.29 is 8.78 Å². The first-order valence-corrected chi connectivity index (χ1v) is 12.0. The summed E-state index contributed by atoms with van der Waals surface area (Å²) in [6.45, 7) is 8.88. The normalized spacial score (nSPS) is 13.6. The van der Waals surface area contributed by atoms with E-state index in [9.17, 15) is 8.78 Å². The smallest absolute Gasteiger partial charge is 0.129 e. The molecule has 0 saturated carbocycles. The minimum Gasteiger partial charge on any atom is -0.207 e. The van der Waals surface area contributed by atoms with Crippen LogP contribution in [-0.2, 0) is 11.8 Å². The van der Waals surface area contributed by atoms with Crippen molar-refractivity contribution in [2.24, 2.45) is 0 Å². The summed E-state index contributed by atoms with van der Waals surface area (Å²) in [5.74, 6) is -0.754. The van der Waals surface area contributed by atoms with Crippen molar-refractivity contribution >= 4 is 0 Å². The molecule has 1 rings (SSSR count). The molecule has 0 N–H and O–H groups in total. The Morgan fingerprint density at radius 1 is 0.679 bits per heavy atom. The standard InChI is InChI=1S/C26H44F2/c1-5-8-11-13-14-15-17-23-24(20-22(27)21-25(23)28)26(4,18-10-7-3)19-16-12-9-6-2/h20-21H,5-19H2,1-4H3. The summed E-state index contributed by atoms with van der Waals surface area (Å²) >= 11 is 0. The molecule has 0 aliphatic carbocycles. The van der Waals surface area contributed by atoms with E-state index in [2.05, 4.69) is 27.7 Å². The lowest BCUT2D eigenvalue weighted by molar-refractivity contribution is 0.361. The average Bonchev–Trinajstić information content (AvgIpc) is 2.67. The second kappa shape index (κ2) is 14.1. The Morgan fingerprint density at radius 2 is 1.21 bits per heavy atom. The third-order valence-electron chi connectivity index (χ3n) is 6.26. The molecule has 0 spiro atoms. The topological polar surface area (TPSA) is 0 Å². The first-order chi connectivity index (χ1) is 13.5. The first kappa shape index (κ1) is 25.1. The highest BCUT2D eigenvalue weighted by atomic mass is 19.1. The summed E-state index contributed by atoms with van der Waals surface area (Å²) in [7, 11) is 0. The van der Waals surface area contributed by atoms with E-state index in [4.69, 9.17) is 0 Å². The second-order valence-corrected chi connectivity index (χ2v) is 8.91. The molecule has 0 radical (unpaired) electrons. The van der Waals surface area contributed by atoms with Crippen LogP contribution in [0.25, 0.3) is 0 Å². The van der Waals surface area contributed by atoms with Crippen molar-refractivity contribution in [1.29, 1.82) is 0 Å². The van der Waals surface area contributed by atoms with Gasteiger partial charge in [0.15, 0.2) is 0 Å². The Labute approximate surface area is 173 Å². The van der Waals surface area contributed by atoms with Crippen LogP contribution < -0.4 is 0 Å². The van der Waals surface area contributed by atoms with E-state index in [0.29, 0.717) is 0 Å². The molecule has 0 aromatic heterocycles. The molecule has 1 aromatic carbocycles. The fourth-order valence-electron chi connectivity index (χ4n) is 4.38. The van der Waals surface area contributed by atoms with Crippen LogP contribution in [0.4, 0.5) is 8.78 Å². The summed E-state index contributed by atoms with van der Waals surface area (Å²) in [6.07, 6.45) is 17.0. The van der Waals surface area contributed by atoms with E-state index in [-0.39, 0.29) is 11.2 Å². The summed E-state index contributed by atoms with van der Waals surface area (Å²) in [4.78, 5) is 0. The molecule has 0 heterocycles. The maximum absolute atomic E-state index is 14.8. The zero-order valence-electron chi connectivity index (χ0n) is 19.0. The highest BCUT2D eigenvalue weighted by molar-refractivity contribution is 5.36. The van der Waals surface area contributed by atoms with Gasteiger partial charge in [-0.2, -0.15) is 0 Å². The maximum atomic E-state index is 14.8. The van der Waals surface area contributed by atoms with Crippen molar-refractivity contribution in [3.05, 3.63) is 34.9 Å². The molecule has 0 aliphatic rings. The summed E-state index contributed by atoms with van der Waals surface area (Å²) < 4.78 is 29.0. The molecule has 1 unspecified atom stereocenters. The Hall–Kier alpha value is -0.920. The van der Waals surface area contributed by atoms with Crippen molar-refractivity contribution in [1.82, 2.24) is 0 Å². The molecule has 2 heteroatoms. The molecule has 0 saturated heterocycles. The van der Waals surface area contributed by atoms with Crippen molar-refractivity contribution in [2.45, 2.75) is 129 Å². The monoisotopic (exact) mass is 394 g/mol. The zero-order chi connectivity index (χ0) is 20.8.